The van der Waals surface area contributed by atoms with E-state index in [1.807, 2.05) is 73.0 Å². The van der Waals surface area contributed by atoms with E-state index in [2.05, 4.69) is 20.5 Å². The van der Waals surface area contributed by atoms with Gasteiger partial charge >= 0.3 is 5.69 Å². The lowest BCUT2D eigenvalue weighted by molar-refractivity contribution is 0.0949. The maximum Gasteiger partial charge on any atom is 0.346 e. The normalized spacial score (nSPS) is 10.9. The van der Waals surface area contributed by atoms with Crippen molar-refractivity contribution < 1.29 is 9.53 Å². The molecule has 0 spiro atoms. The van der Waals surface area contributed by atoms with Crippen molar-refractivity contribution in [3.8, 4) is 16.3 Å². The Morgan fingerprint density at radius 3 is 2.75 bits per heavy atom. The largest absolute Gasteiger partial charge is 0.488 e. The predicted molar refractivity (Wildman–Crippen MR) is 125 cm³/mol. The van der Waals surface area contributed by atoms with E-state index >= 15 is 0 Å². The number of H-pyrrole nitrogens is 1. The van der Waals surface area contributed by atoms with Crippen LogP contribution in [0.3, 0.4) is 0 Å². The average molecular weight is 445 g/mol. The van der Waals surface area contributed by atoms with Gasteiger partial charge in [-0.3, -0.25) is 4.79 Å². The van der Waals surface area contributed by atoms with Crippen LogP contribution >= 0.6 is 11.3 Å². The van der Waals surface area contributed by atoms with Gasteiger partial charge in [-0.1, -0.05) is 48.0 Å². The molecule has 0 saturated carbocycles. The Morgan fingerprint density at radius 2 is 1.97 bits per heavy atom. The average Bonchev–Trinajstić information content (AvgIpc) is 3.34. The number of nitrogens with one attached hydrogen (secondary N) is 2. The van der Waals surface area contributed by atoms with Gasteiger partial charge in [0, 0.05) is 5.56 Å². The number of hydrogen-bond acceptors (Lipinski definition) is 6. The van der Waals surface area contributed by atoms with Gasteiger partial charge in [0.15, 0.2) is 0 Å². The van der Waals surface area contributed by atoms with Crippen LogP contribution in [0.1, 0.15) is 27.2 Å². The van der Waals surface area contributed by atoms with Crippen LogP contribution in [0, 0.1) is 6.92 Å². The van der Waals surface area contributed by atoms with Crippen molar-refractivity contribution in [1.82, 2.24) is 15.4 Å². The minimum atomic E-state index is -0.597. The number of para-hydroxylation sites is 1. The summed E-state index contributed by atoms with van der Waals surface area (Å²) in [6.07, 6.45) is 1.50. The first-order valence-electron chi connectivity index (χ1n) is 9.84. The summed E-state index contributed by atoms with van der Waals surface area (Å²) in [6, 6.07) is 20.7. The van der Waals surface area contributed by atoms with E-state index in [4.69, 9.17) is 4.74 Å². The first-order valence-corrected chi connectivity index (χ1v) is 10.7. The molecule has 0 unspecified atom stereocenters. The molecule has 160 valence electrons. The third-order valence-electron chi connectivity index (χ3n) is 4.57. The quantitative estimate of drug-likeness (QED) is 0.331. The molecule has 0 atom stereocenters. The molecule has 8 heteroatoms. The number of hydrazone groups is 1. The molecule has 0 bridgehead atoms. The summed E-state index contributed by atoms with van der Waals surface area (Å²) in [5.41, 5.74) is 5.29. The topological polar surface area (TPSA) is 96.4 Å². The number of ether oxygens (including phenoxy) is 1. The monoisotopic (exact) mass is 444 g/mol. The van der Waals surface area contributed by atoms with Gasteiger partial charge in [0.05, 0.1) is 16.8 Å². The molecule has 32 heavy (non-hydrogen) atoms. The number of aromatic amines is 1. The maximum atomic E-state index is 12.5. The Labute approximate surface area is 188 Å². The van der Waals surface area contributed by atoms with Gasteiger partial charge in [0.25, 0.3) is 5.91 Å². The van der Waals surface area contributed by atoms with Gasteiger partial charge in [-0.05, 0) is 42.1 Å². The highest BCUT2D eigenvalue weighted by Crippen LogP contribution is 2.22. The fourth-order valence-corrected chi connectivity index (χ4v) is 3.62. The second-order valence-corrected chi connectivity index (χ2v) is 7.92. The zero-order valence-electron chi connectivity index (χ0n) is 17.2. The lowest BCUT2D eigenvalue weighted by atomic mass is 10.1. The molecule has 0 fully saturated rings. The van der Waals surface area contributed by atoms with Gasteiger partial charge in [0.2, 0.25) is 0 Å². The number of amides is 1. The van der Waals surface area contributed by atoms with Crippen LogP contribution in [0.4, 0.5) is 0 Å². The van der Waals surface area contributed by atoms with E-state index in [0.29, 0.717) is 23.6 Å². The van der Waals surface area contributed by atoms with Gasteiger partial charge in [0.1, 0.15) is 18.1 Å². The summed E-state index contributed by atoms with van der Waals surface area (Å²) in [6.45, 7) is 2.45. The highest BCUT2D eigenvalue weighted by molar-refractivity contribution is 7.13. The van der Waals surface area contributed by atoms with Gasteiger partial charge in [-0.25, -0.2) is 10.2 Å². The zero-order chi connectivity index (χ0) is 22.3. The number of aromatic nitrogens is 2. The molecule has 2 aromatic carbocycles. The first-order chi connectivity index (χ1) is 15.6. The zero-order valence-corrected chi connectivity index (χ0v) is 18.1. The molecule has 0 saturated heterocycles. The third kappa shape index (κ3) is 5.35. The number of aryl methyl sites for hydroxylation is 1. The maximum absolute atomic E-state index is 12.5. The van der Waals surface area contributed by atoms with Crippen molar-refractivity contribution in [2.75, 3.05) is 0 Å². The van der Waals surface area contributed by atoms with E-state index in [-0.39, 0.29) is 5.69 Å². The van der Waals surface area contributed by atoms with Crippen molar-refractivity contribution in [2.45, 2.75) is 13.5 Å². The summed E-state index contributed by atoms with van der Waals surface area (Å²) in [7, 11) is 0. The molecule has 7 nitrogen and oxygen atoms in total. The number of carbonyl (C=O) groups is 1. The van der Waals surface area contributed by atoms with E-state index in [1.165, 1.54) is 29.2 Å². The van der Waals surface area contributed by atoms with Crippen LogP contribution in [0.25, 0.3) is 10.6 Å². The molecule has 1 amide bonds. The Morgan fingerprint density at radius 1 is 1.16 bits per heavy atom. The fraction of sp³-hybridized carbons (Fsp3) is 0.0833. The van der Waals surface area contributed by atoms with Crippen molar-refractivity contribution in [3.05, 3.63) is 105 Å². The smallest absolute Gasteiger partial charge is 0.346 e. The third-order valence-corrected chi connectivity index (χ3v) is 5.47. The van der Waals surface area contributed by atoms with E-state index in [0.717, 1.165) is 10.4 Å². The van der Waals surface area contributed by atoms with Gasteiger partial charge in [-0.2, -0.15) is 10.1 Å². The second-order valence-electron chi connectivity index (χ2n) is 6.97. The van der Waals surface area contributed by atoms with Crippen molar-refractivity contribution in [2.24, 2.45) is 5.10 Å². The SMILES string of the molecule is Cc1ccc(COc2ccccc2/C=N/NC(=O)c2cc(-c3cccs3)[nH]c(=O)n2)cc1. The summed E-state index contributed by atoms with van der Waals surface area (Å²) in [5.74, 6) is 0.0588. The molecule has 4 aromatic rings. The number of thiophene rings is 1. The number of rotatable bonds is 7. The molecule has 2 aromatic heterocycles. The van der Waals surface area contributed by atoms with Crippen LogP contribution in [0.15, 0.2) is 82.0 Å². The van der Waals surface area contributed by atoms with Crippen molar-refractivity contribution >= 4 is 23.5 Å². The molecule has 0 aliphatic carbocycles. The highest BCUT2D eigenvalue weighted by Gasteiger charge is 2.11. The molecule has 2 heterocycles. The Balaban J connectivity index is 1.44. The van der Waals surface area contributed by atoms with E-state index < -0.39 is 11.6 Å². The molecule has 4 rings (SSSR count). The minimum Gasteiger partial charge on any atom is -0.488 e. The summed E-state index contributed by atoms with van der Waals surface area (Å²) >= 11 is 1.45. The van der Waals surface area contributed by atoms with E-state index in [9.17, 15) is 9.59 Å². The Kier molecular flexibility index (Phi) is 6.52. The Hall–Kier alpha value is -4.04. The van der Waals surface area contributed by atoms with Crippen LogP contribution in [0.5, 0.6) is 5.75 Å². The van der Waals surface area contributed by atoms with Gasteiger partial charge in [-0.15, -0.1) is 11.3 Å². The number of nitrogens with zero attached hydrogens (tertiary/aromatic N) is 2. The standard InChI is InChI=1S/C24H20N4O3S/c1-16-8-10-17(11-9-16)15-31-21-6-3-2-5-18(21)14-25-28-23(29)20-13-19(26-24(30)27-20)22-7-4-12-32-22/h2-14H,15H2,1H3,(H,28,29)(H,26,27,30)/b25-14+. The second kappa shape index (κ2) is 9.84. The highest BCUT2D eigenvalue weighted by atomic mass is 32.1. The van der Waals surface area contributed by atoms with Crippen LogP contribution in [-0.4, -0.2) is 22.1 Å². The molecule has 0 aliphatic rings. The molecular weight excluding hydrogens is 424 g/mol. The number of hydrogen-bond donors (Lipinski definition) is 2. The molecule has 0 radical (unpaired) electrons. The molecular formula is C24H20N4O3S. The Bertz CT molecular complexity index is 1300. The lowest BCUT2D eigenvalue weighted by Crippen LogP contribution is -2.24. The van der Waals surface area contributed by atoms with E-state index in [1.54, 1.807) is 0 Å². The van der Waals surface area contributed by atoms with Crippen LogP contribution in [-0.2, 0) is 6.61 Å². The summed E-state index contributed by atoms with van der Waals surface area (Å²) in [4.78, 5) is 31.5. The fourth-order valence-electron chi connectivity index (χ4n) is 2.92. The number of carbonyl (C=O) groups excluding carboxylic acids is 1. The molecule has 0 aliphatic heterocycles. The molecule has 2 N–H and O–H groups in total. The summed E-state index contributed by atoms with van der Waals surface area (Å²) < 4.78 is 5.92. The van der Waals surface area contributed by atoms with Gasteiger partial charge < -0.3 is 9.72 Å². The minimum absolute atomic E-state index is 0.0155. The van der Waals surface area contributed by atoms with Crippen LogP contribution < -0.4 is 15.9 Å². The van der Waals surface area contributed by atoms with Crippen molar-refractivity contribution in [1.29, 1.82) is 0 Å². The number of benzene rings is 2. The first kappa shape index (κ1) is 21.2. The van der Waals surface area contributed by atoms with Crippen molar-refractivity contribution in [3.63, 3.8) is 0 Å². The van der Waals surface area contributed by atoms with Crippen LogP contribution in [0.2, 0.25) is 0 Å². The predicted octanol–water partition coefficient (Wildman–Crippen LogP) is 4.15. The lowest BCUT2D eigenvalue weighted by Gasteiger charge is -2.09. The summed E-state index contributed by atoms with van der Waals surface area (Å²) in [5, 5.41) is 5.90.